The van der Waals surface area contributed by atoms with Crippen molar-refractivity contribution in [3.63, 3.8) is 0 Å². The molecule has 7 heteroatoms. The lowest BCUT2D eigenvalue weighted by Crippen LogP contribution is -2.46. The Bertz CT molecular complexity index is 530. The molecule has 0 heterocycles. The van der Waals surface area contributed by atoms with Crippen molar-refractivity contribution in [1.82, 2.24) is 0 Å². The maximum absolute atomic E-state index is 12.3. The normalized spacial score (nSPS) is 37.3. The Morgan fingerprint density at radius 2 is 1.55 bits per heavy atom. The van der Waals surface area contributed by atoms with E-state index in [0.29, 0.717) is 6.42 Å². The first-order valence-corrected chi connectivity index (χ1v) is 9.18. The molecule has 0 unspecified atom stereocenters. The van der Waals surface area contributed by atoms with Gasteiger partial charge in [0, 0.05) is 6.42 Å². The fraction of sp³-hybridized carbons (Fsp3) is 0.867. The minimum Gasteiger partial charge on any atom is -0.381 e. The minimum atomic E-state index is -5.57. The summed E-state index contributed by atoms with van der Waals surface area (Å²) >= 11 is 0. The number of hydrogen-bond acceptors (Lipinski definition) is 3. The van der Waals surface area contributed by atoms with Crippen LogP contribution in [0.25, 0.3) is 0 Å². The van der Waals surface area contributed by atoms with E-state index in [1.807, 2.05) is 0 Å². The molecule has 4 fully saturated rings. The number of alkyl halides is 3. The first-order chi connectivity index (χ1) is 10.1. The van der Waals surface area contributed by atoms with Crippen LogP contribution in [0.2, 0.25) is 0 Å². The molecule has 4 bridgehead atoms. The smallest absolute Gasteiger partial charge is 0.381 e. The average Bonchev–Trinajstić information content (AvgIpc) is 2.33. The number of halogens is 3. The quantitative estimate of drug-likeness (QED) is 0.425. The van der Waals surface area contributed by atoms with Crippen LogP contribution in [0.3, 0.4) is 0 Å². The monoisotopic (exact) mass is 338 g/mol. The van der Waals surface area contributed by atoms with Crippen molar-refractivity contribution in [3.05, 3.63) is 12.3 Å². The van der Waals surface area contributed by atoms with Gasteiger partial charge in [-0.3, -0.25) is 0 Å². The number of allylic oxidation sites excluding steroid dienone is 1. The molecule has 22 heavy (non-hydrogen) atoms. The molecule has 0 aliphatic heterocycles. The zero-order valence-corrected chi connectivity index (χ0v) is 13.2. The maximum Gasteiger partial charge on any atom is 0.534 e. The minimum absolute atomic E-state index is 0.170. The van der Waals surface area contributed by atoms with Gasteiger partial charge in [0.05, 0.1) is 0 Å². The summed E-state index contributed by atoms with van der Waals surface area (Å²) < 4.78 is 63.0. The summed E-state index contributed by atoms with van der Waals surface area (Å²) in [5.41, 5.74) is -5.22. The molecule has 0 aromatic carbocycles. The Kier molecular flexibility index (Phi) is 3.78. The number of rotatable bonds is 5. The van der Waals surface area contributed by atoms with Crippen LogP contribution >= 0.6 is 0 Å². The van der Waals surface area contributed by atoms with E-state index in [-0.39, 0.29) is 17.6 Å². The zero-order valence-electron chi connectivity index (χ0n) is 12.4. The zero-order chi connectivity index (χ0) is 16.2. The highest BCUT2D eigenvalue weighted by Crippen LogP contribution is 2.61. The van der Waals surface area contributed by atoms with Gasteiger partial charge in [0.25, 0.3) is 0 Å². The van der Waals surface area contributed by atoms with Gasteiger partial charge in [0.15, 0.2) is 0 Å². The van der Waals surface area contributed by atoms with Crippen LogP contribution in [-0.2, 0) is 14.3 Å². The molecular formula is C15H21F3O3S. The SMILES string of the molecule is C=C(CCC12CC3CC(CC(C3)C1)C2)OS(=O)(=O)C(F)(F)F. The molecule has 0 spiro atoms. The van der Waals surface area contributed by atoms with Crippen LogP contribution in [0.15, 0.2) is 12.3 Å². The predicted octanol–water partition coefficient (Wildman–Crippen LogP) is 4.36. The fourth-order valence-electron chi connectivity index (χ4n) is 5.24. The summed E-state index contributed by atoms with van der Waals surface area (Å²) in [6, 6.07) is 0. The molecule has 126 valence electrons. The van der Waals surface area contributed by atoms with Crippen LogP contribution in [0.1, 0.15) is 51.4 Å². The van der Waals surface area contributed by atoms with Crippen LogP contribution in [0.4, 0.5) is 13.2 Å². The van der Waals surface area contributed by atoms with Gasteiger partial charge in [0.1, 0.15) is 5.76 Å². The van der Waals surface area contributed by atoms with Gasteiger partial charge in [-0.1, -0.05) is 6.58 Å². The Morgan fingerprint density at radius 1 is 1.09 bits per heavy atom. The Labute approximate surface area is 129 Å². The van der Waals surface area contributed by atoms with Gasteiger partial charge in [-0.05, 0) is 68.1 Å². The molecule has 4 aliphatic rings. The van der Waals surface area contributed by atoms with Crippen molar-refractivity contribution in [3.8, 4) is 0 Å². The Balaban J connectivity index is 1.58. The van der Waals surface area contributed by atoms with Crippen LogP contribution in [0.5, 0.6) is 0 Å². The molecule has 0 saturated heterocycles. The van der Waals surface area contributed by atoms with Crippen molar-refractivity contribution in [2.75, 3.05) is 0 Å². The molecule has 4 aliphatic carbocycles. The summed E-state index contributed by atoms with van der Waals surface area (Å²) in [7, 11) is -5.57. The molecule has 0 N–H and O–H groups in total. The van der Waals surface area contributed by atoms with Crippen LogP contribution in [0, 0.1) is 23.2 Å². The molecule has 4 saturated carbocycles. The third-order valence-electron chi connectivity index (χ3n) is 5.61. The van der Waals surface area contributed by atoms with Crippen LogP contribution in [-0.4, -0.2) is 13.9 Å². The van der Waals surface area contributed by atoms with E-state index in [1.165, 1.54) is 19.3 Å². The largest absolute Gasteiger partial charge is 0.534 e. The molecule has 0 aromatic rings. The summed E-state index contributed by atoms with van der Waals surface area (Å²) in [6.07, 6.45) is 8.11. The highest BCUT2D eigenvalue weighted by Gasteiger charge is 2.51. The van der Waals surface area contributed by atoms with Gasteiger partial charge in [-0.15, -0.1) is 0 Å². The molecule has 0 atom stereocenters. The van der Waals surface area contributed by atoms with E-state index < -0.39 is 15.6 Å². The van der Waals surface area contributed by atoms with E-state index in [2.05, 4.69) is 10.8 Å². The summed E-state index contributed by atoms with van der Waals surface area (Å²) in [4.78, 5) is 0. The second kappa shape index (κ2) is 5.14. The highest BCUT2D eigenvalue weighted by atomic mass is 32.2. The summed E-state index contributed by atoms with van der Waals surface area (Å²) in [5.74, 6) is 1.95. The molecule has 0 aromatic heterocycles. The third-order valence-corrected chi connectivity index (χ3v) is 6.63. The van der Waals surface area contributed by atoms with Crippen molar-refractivity contribution in [1.29, 1.82) is 0 Å². The van der Waals surface area contributed by atoms with E-state index in [1.54, 1.807) is 0 Å². The highest BCUT2D eigenvalue weighted by molar-refractivity contribution is 7.87. The van der Waals surface area contributed by atoms with Gasteiger partial charge in [0.2, 0.25) is 0 Å². The molecule has 4 rings (SSSR count). The lowest BCUT2D eigenvalue weighted by Gasteiger charge is -2.57. The van der Waals surface area contributed by atoms with Gasteiger partial charge < -0.3 is 4.18 Å². The Morgan fingerprint density at radius 3 is 1.95 bits per heavy atom. The standard InChI is InChI=1S/C15H21F3O3S/c1-10(21-22(19,20)15(16,17)18)2-3-14-7-11-4-12(8-14)6-13(5-11)9-14/h11-13H,1-9H2. The first kappa shape index (κ1) is 16.1. The van der Waals surface area contributed by atoms with Gasteiger partial charge in [-0.2, -0.15) is 21.6 Å². The maximum atomic E-state index is 12.3. The second-order valence-electron chi connectivity index (χ2n) is 7.44. The Hall–Kier alpha value is -0.720. The van der Waals surface area contributed by atoms with Crippen molar-refractivity contribution >= 4 is 10.1 Å². The lowest BCUT2D eigenvalue weighted by molar-refractivity contribution is -0.0593. The van der Waals surface area contributed by atoms with Gasteiger partial charge in [-0.25, -0.2) is 0 Å². The van der Waals surface area contributed by atoms with Crippen molar-refractivity contribution < 1.29 is 25.8 Å². The van der Waals surface area contributed by atoms with Gasteiger partial charge >= 0.3 is 15.6 Å². The van der Waals surface area contributed by atoms with Crippen molar-refractivity contribution in [2.24, 2.45) is 23.2 Å². The topological polar surface area (TPSA) is 43.4 Å². The van der Waals surface area contributed by atoms with E-state index in [0.717, 1.165) is 37.0 Å². The summed E-state index contributed by atoms with van der Waals surface area (Å²) in [5, 5.41) is 0. The van der Waals surface area contributed by atoms with E-state index in [4.69, 9.17) is 0 Å². The summed E-state index contributed by atoms with van der Waals surface area (Å²) in [6.45, 7) is 3.37. The van der Waals surface area contributed by atoms with Crippen LogP contribution < -0.4 is 0 Å². The molecule has 0 amide bonds. The van der Waals surface area contributed by atoms with E-state index >= 15 is 0 Å². The fourth-order valence-corrected chi connectivity index (χ4v) is 5.73. The van der Waals surface area contributed by atoms with E-state index in [9.17, 15) is 21.6 Å². The predicted molar refractivity (Wildman–Crippen MR) is 75.0 cm³/mol. The third kappa shape index (κ3) is 3.01. The van der Waals surface area contributed by atoms with Crippen molar-refractivity contribution in [2.45, 2.75) is 56.9 Å². The first-order valence-electron chi connectivity index (χ1n) is 7.77. The molecule has 3 nitrogen and oxygen atoms in total. The second-order valence-corrected chi connectivity index (χ2v) is 8.98. The average molecular weight is 338 g/mol. The molecular weight excluding hydrogens is 317 g/mol. The molecule has 0 radical (unpaired) electrons. The lowest BCUT2D eigenvalue weighted by atomic mass is 9.48. The number of hydrogen-bond donors (Lipinski definition) is 0.